The molecule has 3 saturated heterocycles. The summed E-state index contributed by atoms with van der Waals surface area (Å²) in [7, 11) is 0. The van der Waals surface area contributed by atoms with Crippen LogP contribution in [0, 0.1) is 11.8 Å². The lowest BCUT2D eigenvalue weighted by Gasteiger charge is -2.36. The first kappa shape index (κ1) is 17.0. The number of nitrogens with zero attached hydrogens (tertiary/aromatic N) is 2. The lowest BCUT2D eigenvalue weighted by molar-refractivity contribution is -0.135. The van der Waals surface area contributed by atoms with Gasteiger partial charge in [-0.15, -0.1) is 12.4 Å². The quantitative estimate of drug-likeness (QED) is 0.843. The van der Waals surface area contributed by atoms with E-state index < -0.39 is 0 Å². The summed E-state index contributed by atoms with van der Waals surface area (Å²) < 4.78 is 0. The van der Waals surface area contributed by atoms with E-state index in [9.17, 15) is 4.79 Å². The molecule has 0 aromatic rings. The normalized spacial score (nSPS) is 37.0. The third-order valence-corrected chi connectivity index (χ3v) is 5.19. The predicted octanol–water partition coefficient (Wildman–Crippen LogP) is 1.74. The third kappa shape index (κ3) is 4.33. The Balaban J connectivity index is 0.00000161. The summed E-state index contributed by atoms with van der Waals surface area (Å²) >= 11 is 0. The Bertz CT molecular complexity index is 355. The molecule has 0 saturated carbocycles. The SMILES string of the molecule is CC1CC(C)CN(C(=O)CN2CCC3CCC(C2)N3)C1.Cl. The third-order valence-electron chi connectivity index (χ3n) is 5.19. The van der Waals surface area contributed by atoms with Crippen molar-refractivity contribution >= 4 is 18.3 Å². The van der Waals surface area contributed by atoms with Crippen molar-refractivity contribution in [3.05, 3.63) is 0 Å². The Hall–Kier alpha value is -0.320. The van der Waals surface area contributed by atoms with Crippen molar-refractivity contribution in [2.75, 3.05) is 32.7 Å². The highest BCUT2D eigenvalue weighted by Crippen LogP contribution is 2.23. The van der Waals surface area contributed by atoms with Crippen molar-refractivity contribution in [2.24, 2.45) is 11.8 Å². The molecule has 4 unspecified atom stereocenters. The second-order valence-corrected chi connectivity index (χ2v) is 7.41. The van der Waals surface area contributed by atoms with Crippen molar-refractivity contribution in [3.63, 3.8) is 0 Å². The van der Waals surface area contributed by atoms with Crippen LogP contribution in [0.1, 0.15) is 39.5 Å². The standard InChI is InChI=1S/C16H29N3O.ClH/c1-12-7-13(2)9-19(8-12)16(20)11-18-6-5-14-3-4-15(10-18)17-14;/h12-15,17H,3-11H2,1-2H3;1H. The van der Waals surface area contributed by atoms with Crippen LogP contribution in [0.25, 0.3) is 0 Å². The Morgan fingerprint density at radius 3 is 2.43 bits per heavy atom. The highest BCUT2D eigenvalue weighted by molar-refractivity contribution is 5.85. The van der Waals surface area contributed by atoms with Gasteiger partial charge in [-0.3, -0.25) is 9.69 Å². The lowest BCUT2D eigenvalue weighted by Crippen LogP contribution is -2.48. The Kier molecular flexibility index (Phi) is 5.92. The zero-order valence-corrected chi connectivity index (χ0v) is 14.2. The molecule has 122 valence electrons. The second-order valence-electron chi connectivity index (χ2n) is 7.41. The van der Waals surface area contributed by atoms with Gasteiger partial charge < -0.3 is 10.2 Å². The number of likely N-dealkylation sites (tertiary alicyclic amines) is 2. The molecule has 3 heterocycles. The van der Waals surface area contributed by atoms with E-state index in [0.29, 0.717) is 36.4 Å². The average Bonchev–Trinajstić information content (AvgIpc) is 2.71. The zero-order chi connectivity index (χ0) is 14.1. The molecule has 0 aromatic heterocycles. The van der Waals surface area contributed by atoms with Crippen LogP contribution < -0.4 is 5.32 Å². The topological polar surface area (TPSA) is 35.6 Å². The molecule has 4 nitrogen and oxygen atoms in total. The molecule has 1 N–H and O–H groups in total. The molecular weight excluding hydrogens is 286 g/mol. The molecule has 4 atom stereocenters. The minimum Gasteiger partial charge on any atom is -0.341 e. The van der Waals surface area contributed by atoms with E-state index >= 15 is 0 Å². The molecule has 0 aliphatic carbocycles. The Morgan fingerprint density at radius 1 is 1.05 bits per heavy atom. The van der Waals surface area contributed by atoms with Crippen LogP contribution in [0.3, 0.4) is 0 Å². The summed E-state index contributed by atoms with van der Waals surface area (Å²) in [6.45, 7) is 9.22. The fourth-order valence-electron chi connectivity index (χ4n) is 4.32. The van der Waals surface area contributed by atoms with Gasteiger partial charge in [0, 0.05) is 38.3 Å². The number of piperidine rings is 1. The van der Waals surface area contributed by atoms with Gasteiger partial charge in [-0.05, 0) is 37.5 Å². The van der Waals surface area contributed by atoms with Gasteiger partial charge in [0.2, 0.25) is 5.91 Å². The van der Waals surface area contributed by atoms with Crippen molar-refractivity contribution in [1.29, 1.82) is 0 Å². The molecule has 1 amide bonds. The summed E-state index contributed by atoms with van der Waals surface area (Å²) in [5.41, 5.74) is 0. The van der Waals surface area contributed by atoms with Gasteiger partial charge in [0.1, 0.15) is 0 Å². The minimum atomic E-state index is 0. The van der Waals surface area contributed by atoms with Crippen molar-refractivity contribution in [1.82, 2.24) is 15.1 Å². The molecule has 3 fully saturated rings. The maximum Gasteiger partial charge on any atom is 0.236 e. The molecule has 3 aliphatic rings. The summed E-state index contributed by atoms with van der Waals surface area (Å²) in [6.07, 6.45) is 5.08. The maximum absolute atomic E-state index is 12.5. The van der Waals surface area contributed by atoms with Gasteiger partial charge in [-0.25, -0.2) is 0 Å². The molecular formula is C16H30ClN3O. The number of hydrogen-bond acceptors (Lipinski definition) is 3. The van der Waals surface area contributed by atoms with Crippen LogP contribution in [-0.4, -0.2) is 60.5 Å². The summed E-state index contributed by atoms with van der Waals surface area (Å²) in [4.78, 5) is 17.0. The van der Waals surface area contributed by atoms with E-state index in [4.69, 9.17) is 0 Å². The molecule has 2 bridgehead atoms. The van der Waals surface area contributed by atoms with Crippen LogP contribution in [-0.2, 0) is 4.79 Å². The number of halogens is 1. The molecule has 3 rings (SSSR count). The van der Waals surface area contributed by atoms with E-state index in [0.717, 1.165) is 26.2 Å². The van der Waals surface area contributed by atoms with Gasteiger partial charge >= 0.3 is 0 Å². The van der Waals surface area contributed by atoms with Gasteiger partial charge in [-0.2, -0.15) is 0 Å². The molecule has 5 heteroatoms. The van der Waals surface area contributed by atoms with E-state index in [-0.39, 0.29) is 12.4 Å². The number of carbonyl (C=O) groups excluding carboxylic acids is 1. The fraction of sp³-hybridized carbons (Fsp3) is 0.938. The smallest absolute Gasteiger partial charge is 0.236 e. The van der Waals surface area contributed by atoms with Crippen LogP contribution in [0.5, 0.6) is 0 Å². The zero-order valence-electron chi connectivity index (χ0n) is 13.4. The molecule has 0 radical (unpaired) electrons. The maximum atomic E-state index is 12.5. The van der Waals surface area contributed by atoms with Crippen LogP contribution in [0.15, 0.2) is 0 Å². The van der Waals surface area contributed by atoms with Crippen LogP contribution >= 0.6 is 12.4 Å². The molecule has 0 spiro atoms. The number of amides is 1. The summed E-state index contributed by atoms with van der Waals surface area (Å²) in [6, 6.07) is 1.32. The number of rotatable bonds is 2. The largest absolute Gasteiger partial charge is 0.341 e. The first-order chi connectivity index (χ1) is 9.60. The van der Waals surface area contributed by atoms with E-state index in [1.54, 1.807) is 0 Å². The second kappa shape index (κ2) is 7.30. The van der Waals surface area contributed by atoms with Crippen LogP contribution in [0.4, 0.5) is 0 Å². The van der Waals surface area contributed by atoms with Crippen molar-refractivity contribution in [3.8, 4) is 0 Å². The van der Waals surface area contributed by atoms with Crippen LogP contribution in [0.2, 0.25) is 0 Å². The molecule has 3 aliphatic heterocycles. The number of fused-ring (bicyclic) bond motifs is 2. The Labute approximate surface area is 135 Å². The Morgan fingerprint density at radius 2 is 1.71 bits per heavy atom. The van der Waals surface area contributed by atoms with Gasteiger partial charge in [0.05, 0.1) is 6.54 Å². The van der Waals surface area contributed by atoms with E-state index in [2.05, 4.69) is 29.0 Å². The minimum absolute atomic E-state index is 0. The van der Waals surface area contributed by atoms with Gasteiger partial charge in [0.15, 0.2) is 0 Å². The van der Waals surface area contributed by atoms with Gasteiger partial charge in [0.25, 0.3) is 0 Å². The van der Waals surface area contributed by atoms with Crippen molar-refractivity contribution < 1.29 is 4.79 Å². The van der Waals surface area contributed by atoms with Crippen molar-refractivity contribution in [2.45, 2.75) is 51.6 Å². The molecule has 21 heavy (non-hydrogen) atoms. The van der Waals surface area contributed by atoms with Gasteiger partial charge in [-0.1, -0.05) is 13.8 Å². The highest BCUT2D eigenvalue weighted by Gasteiger charge is 2.31. The fourth-order valence-corrected chi connectivity index (χ4v) is 4.32. The first-order valence-corrected chi connectivity index (χ1v) is 8.36. The van der Waals surface area contributed by atoms with E-state index in [1.807, 2.05) is 0 Å². The number of hydrogen-bond donors (Lipinski definition) is 1. The first-order valence-electron chi connectivity index (χ1n) is 8.36. The average molecular weight is 316 g/mol. The summed E-state index contributed by atoms with van der Waals surface area (Å²) in [5, 5.41) is 3.68. The monoisotopic (exact) mass is 315 g/mol. The van der Waals surface area contributed by atoms with E-state index in [1.165, 1.54) is 25.7 Å². The highest BCUT2D eigenvalue weighted by atomic mass is 35.5. The number of carbonyl (C=O) groups is 1. The summed E-state index contributed by atoms with van der Waals surface area (Å²) in [5.74, 6) is 1.66. The number of nitrogens with one attached hydrogen (secondary N) is 1. The lowest BCUT2D eigenvalue weighted by atomic mass is 9.92. The predicted molar refractivity (Wildman–Crippen MR) is 87.8 cm³/mol. The molecule has 0 aromatic carbocycles.